The van der Waals surface area contributed by atoms with Gasteiger partial charge in [-0.15, -0.1) is 0 Å². The fraction of sp³-hybridized carbons (Fsp3) is 0.214. The molecule has 17 heavy (non-hydrogen) atoms. The molecule has 0 aliphatic carbocycles. The standard InChI is InChI=1S/C14H15NO2/c1-11-5-3-4-6-12(11)9-15(2)14(16)13-7-8-17-10-13/h3-8,10H,9H2,1-2H3. The van der Waals surface area contributed by atoms with Crippen LogP contribution in [0, 0.1) is 6.92 Å². The molecular weight excluding hydrogens is 214 g/mol. The molecule has 3 nitrogen and oxygen atoms in total. The van der Waals surface area contributed by atoms with Crippen LogP contribution in [0.3, 0.4) is 0 Å². The Labute approximate surface area is 101 Å². The van der Waals surface area contributed by atoms with Crippen molar-refractivity contribution >= 4 is 5.91 Å². The molecule has 3 heteroatoms. The Kier molecular flexibility index (Phi) is 3.28. The van der Waals surface area contributed by atoms with E-state index in [-0.39, 0.29) is 5.91 Å². The van der Waals surface area contributed by atoms with Crippen molar-refractivity contribution in [3.05, 3.63) is 59.5 Å². The maximum atomic E-state index is 12.0. The van der Waals surface area contributed by atoms with Crippen LogP contribution >= 0.6 is 0 Å². The van der Waals surface area contributed by atoms with E-state index in [1.54, 1.807) is 18.0 Å². The van der Waals surface area contributed by atoms with Crippen LogP contribution in [0.4, 0.5) is 0 Å². The first-order valence-electron chi connectivity index (χ1n) is 5.50. The predicted octanol–water partition coefficient (Wildman–Crippen LogP) is 2.86. The Morgan fingerprint density at radius 2 is 2.06 bits per heavy atom. The summed E-state index contributed by atoms with van der Waals surface area (Å²) in [6.45, 7) is 2.65. The third-order valence-electron chi connectivity index (χ3n) is 2.78. The second-order valence-electron chi connectivity index (χ2n) is 4.10. The van der Waals surface area contributed by atoms with Crippen molar-refractivity contribution in [1.82, 2.24) is 4.90 Å². The van der Waals surface area contributed by atoms with Gasteiger partial charge in [0.25, 0.3) is 5.91 Å². The Morgan fingerprint density at radius 1 is 1.29 bits per heavy atom. The molecule has 88 valence electrons. The molecular formula is C14H15NO2. The van der Waals surface area contributed by atoms with Gasteiger partial charge in [0.15, 0.2) is 0 Å². The van der Waals surface area contributed by atoms with Gasteiger partial charge in [0, 0.05) is 13.6 Å². The van der Waals surface area contributed by atoms with E-state index in [0.717, 1.165) is 5.56 Å². The monoisotopic (exact) mass is 229 g/mol. The van der Waals surface area contributed by atoms with Gasteiger partial charge in [-0.25, -0.2) is 0 Å². The van der Waals surface area contributed by atoms with Gasteiger partial charge in [-0.05, 0) is 24.1 Å². The Hall–Kier alpha value is -2.03. The normalized spacial score (nSPS) is 10.2. The topological polar surface area (TPSA) is 33.5 Å². The average molecular weight is 229 g/mol. The van der Waals surface area contributed by atoms with Crippen LogP contribution in [0.15, 0.2) is 47.3 Å². The first-order chi connectivity index (χ1) is 8.18. The molecule has 2 aromatic rings. The van der Waals surface area contributed by atoms with E-state index in [2.05, 4.69) is 0 Å². The fourth-order valence-electron chi connectivity index (χ4n) is 1.72. The van der Waals surface area contributed by atoms with Crippen molar-refractivity contribution in [3.63, 3.8) is 0 Å². The summed E-state index contributed by atoms with van der Waals surface area (Å²) in [5, 5.41) is 0. The highest BCUT2D eigenvalue weighted by Crippen LogP contribution is 2.12. The Bertz CT molecular complexity index is 503. The van der Waals surface area contributed by atoms with E-state index in [0.29, 0.717) is 12.1 Å². The highest BCUT2D eigenvalue weighted by Gasteiger charge is 2.13. The molecule has 1 aromatic heterocycles. The van der Waals surface area contributed by atoms with Crippen molar-refractivity contribution in [2.45, 2.75) is 13.5 Å². The van der Waals surface area contributed by atoms with E-state index in [1.807, 2.05) is 31.2 Å². The molecule has 0 atom stereocenters. The van der Waals surface area contributed by atoms with Crippen molar-refractivity contribution < 1.29 is 9.21 Å². The lowest BCUT2D eigenvalue weighted by molar-refractivity contribution is 0.0784. The molecule has 2 rings (SSSR count). The molecule has 1 aromatic carbocycles. The van der Waals surface area contributed by atoms with Crippen LogP contribution in [0.2, 0.25) is 0 Å². The van der Waals surface area contributed by atoms with Crippen LogP contribution in [-0.4, -0.2) is 17.9 Å². The summed E-state index contributed by atoms with van der Waals surface area (Å²) in [5.74, 6) is -0.0259. The maximum Gasteiger partial charge on any atom is 0.257 e. The van der Waals surface area contributed by atoms with Gasteiger partial charge >= 0.3 is 0 Å². The predicted molar refractivity (Wildman–Crippen MR) is 65.7 cm³/mol. The van der Waals surface area contributed by atoms with Crippen LogP contribution < -0.4 is 0 Å². The molecule has 1 heterocycles. The van der Waals surface area contributed by atoms with Crippen molar-refractivity contribution in [2.24, 2.45) is 0 Å². The first-order valence-corrected chi connectivity index (χ1v) is 5.50. The van der Waals surface area contributed by atoms with Gasteiger partial charge in [0.05, 0.1) is 11.8 Å². The number of aryl methyl sites for hydroxylation is 1. The zero-order valence-corrected chi connectivity index (χ0v) is 10.0. The van der Waals surface area contributed by atoms with Crippen LogP contribution in [-0.2, 0) is 6.54 Å². The van der Waals surface area contributed by atoms with Crippen molar-refractivity contribution in [1.29, 1.82) is 0 Å². The summed E-state index contributed by atoms with van der Waals surface area (Å²) in [6.07, 6.45) is 2.98. The summed E-state index contributed by atoms with van der Waals surface area (Å²) < 4.78 is 4.91. The summed E-state index contributed by atoms with van der Waals surface area (Å²) >= 11 is 0. The minimum Gasteiger partial charge on any atom is -0.472 e. The highest BCUT2D eigenvalue weighted by atomic mass is 16.3. The summed E-state index contributed by atoms with van der Waals surface area (Å²) in [6, 6.07) is 9.74. The van der Waals surface area contributed by atoms with Gasteiger partial charge in [-0.1, -0.05) is 24.3 Å². The lowest BCUT2D eigenvalue weighted by Gasteiger charge is -2.17. The lowest BCUT2D eigenvalue weighted by Crippen LogP contribution is -2.26. The van der Waals surface area contributed by atoms with E-state index >= 15 is 0 Å². The number of carbonyl (C=O) groups excluding carboxylic acids is 1. The smallest absolute Gasteiger partial charge is 0.257 e. The fourth-order valence-corrected chi connectivity index (χ4v) is 1.72. The molecule has 0 bridgehead atoms. The summed E-state index contributed by atoms with van der Waals surface area (Å²) in [5.41, 5.74) is 2.94. The van der Waals surface area contributed by atoms with E-state index in [1.165, 1.54) is 18.1 Å². The molecule has 0 aliphatic rings. The SMILES string of the molecule is Cc1ccccc1CN(C)C(=O)c1ccoc1. The first kappa shape index (κ1) is 11.5. The minimum atomic E-state index is -0.0259. The average Bonchev–Trinajstić information content (AvgIpc) is 2.84. The number of benzene rings is 1. The van der Waals surface area contributed by atoms with Crippen LogP contribution in [0.25, 0.3) is 0 Å². The summed E-state index contributed by atoms with van der Waals surface area (Å²) in [7, 11) is 1.79. The molecule has 0 fully saturated rings. The van der Waals surface area contributed by atoms with Crippen molar-refractivity contribution in [2.75, 3.05) is 7.05 Å². The third kappa shape index (κ3) is 2.56. The Morgan fingerprint density at radius 3 is 2.71 bits per heavy atom. The van der Waals surface area contributed by atoms with E-state index in [9.17, 15) is 4.79 Å². The quantitative estimate of drug-likeness (QED) is 0.810. The van der Waals surface area contributed by atoms with Crippen LogP contribution in [0.5, 0.6) is 0 Å². The second-order valence-corrected chi connectivity index (χ2v) is 4.10. The van der Waals surface area contributed by atoms with Crippen molar-refractivity contribution in [3.8, 4) is 0 Å². The minimum absolute atomic E-state index is 0.0259. The van der Waals surface area contributed by atoms with Gasteiger partial charge in [0.1, 0.15) is 6.26 Å². The molecule has 0 N–H and O–H groups in total. The second kappa shape index (κ2) is 4.87. The third-order valence-corrected chi connectivity index (χ3v) is 2.78. The maximum absolute atomic E-state index is 12.0. The zero-order valence-electron chi connectivity index (χ0n) is 10.0. The van der Waals surface area contributed by atoms with Gasteiger partial charge in [-0.2, -0.15) is 0 Å². The largest absolute Gasteiger partial charge is 0.472 e. The number of furan rings is 1. The highest BCUT2D eigenvalue weighted by molar-refractivity contribution is 5.93. The number of amides is 1. The Balaban J connectivity index is 2.10. The van der Waals surface area contributed by atoms with Gasteiger partial charge in [-0.3, -0.25) is 4.79 Å². The van der Waals surface area contributed by atoms with Gasteiger partial charge < -0.3 is 9.32 Å². The molecule has 0 radical (unpaired) electrons. The van der Waals surface area contributed by atoms with E-state index < -0.39 is 0 Å². The van der Waals surface area contributed by atoms with E-state index in [4.69, 9.17) is 4.42 Å². The lowest BCUT2D eigenvalue weighted by atomic mass is 10.1. The molecule has 0 saturated carbocycles. The molecule has 1 amide bonds. The number of carbonyl (C=O) groups is 1. The number of rotatable bonds is 3. The number of hydrogen-bond acceptors (Lipinski definition) is 2. The molecule has 0 saturated heterocycles. The molecule has 0 spiro atoms. The molecule has 0 aliphatic heterocycles. The summed E-state index contributed by atoms with van der Waals surface area (Å²) in [4.78, 5) is 13.7. The van der Waals surface area contributed by atoms with Gasteiger partial charge in [0.2, 0.25) is 0 Å². The van der Waals surface area contributed by atoms with Crippen LogP contribution in [0.1, 0.15) is 21.5 Å². The number of hydrogen-bond donors (Lipinski definition) is 0. The number of nitrogens with zero attached hydrogens (tertiary/aromatic N) is 1. The zero-order chi connectivity index (χ0) is 12.3. The molecule has 0 unspecified atom stereocenters.